The Balaban J connectivity index is 2.28. The Morgan fingerprint density at radius 2 is 2.22 bits per heavy atom. The van der Waals surface area contributed by atoms with Crippen LogP contribution in [0.25, 0.3) is 0 Å². The summed E-state index contributed by atoms with van der Waals surface area (Å²) in [6.45, 7) is 0.606. The van der Waals surface area contributed by atoms with E-state index in [1.54, 1.807) is 25.5 Å². The van der Waals surface area contributed by atoms with Crippen molar-refractivity contribution in [1.82, 2.24) is 0 Å². The maximum absolute atomic E-state index is 9.12. The van der Waals surface area contributed by atoms with Crippen molar-refractivity contribution in [1.29, 1.82) is 5.26 Å². The highest BCUT2D eigenvalue weighted by atomic mass is 16.5. The molecular formula is C14H14N2O2. The number of rotatable bonds is 4. The maximum Gasteiger partial charge on any atom is 0.123 e. The molecule has 4 nitrogen and oxygen atoms in total. The Morgan fingerprint density at radius 1 is 1.39 bits per heavy atom. The molecule has 0 unspecified atom stereocenters. The fraction of sp³-hybridized carbons (Fsp3) is 0.214. The van der Waals surface area contributed by atoms with Gasteiger partial charge in [-0.15, -0.1) is 0 Å². The Labute approximate surface area is 106 Å². The minimum atomic E-state index is 0.606. The summed E-state index contributed by atoms with van der Waals surface area (Å²) in [6.07, 6.45) is 1.64. The van der Waals surface area contributed by atoms with E-state index in [1.807, 2.05) is 30.1 Å². The molecule has 0 aliphatic rings. The highest BCUT2D eigenvalue weighted by molar-refractivity contribution is 5.61. The minimum absolute atomic E-state index is 0.606. The lowest BCUT2D eigenvalue weighted by Crippen LogP contribution is -2.17. The SMILES string of the molecule is COc1ccc(C#N)c(N(C)Cc2ccco2)c1. The fourth-order valence-corrected chi connectivity index (χ4v) is 1.77. The van der Waals surface area contributed by atoms with Crippen LogP contribution >= 0.6 is 0 Å². The van der Waals surface area contributed by atoms with Gasteiger partial charge < -0.3 is 14.1 Å². The quantitative estimate of drug-likeness (QED) is 0.827. The summed E-state index contributed by atoms with van der Waals surface area (Å²) in [5.74, 6) is 1.58. The molecule has 0 bridgehead atoms. The van der Waals surface area contributed by atoms with Crippen LogP contribution in [-0.2, 0) is 6.54 Å². The monoisotopic (exact) mass is 242 g/mol. The Hall–Kier alpha value is -2.41. The van der Waals surface area contributed by atoms with Gasteiger partial charge in [0.1, 0.15) is 17.6 Å². The van der Waals surface area contributed by atoms with Gasteiger partial charge in [-0.05, 0) is 24.3 Å². The average molecular weight is 242 g/mol. The minimum Gasteiger partial charge on any atom is -0.497 e. The average Bonchev–Trinajstić information content (AvgIpc) is 2.90. The molecular weight excluding hydrogens is 228 g/mol. The van der Waals surface area contributed by atoms with E-state index in [4.69, 9.17) is 14.4 Å². The molecule has 0 fully saturated rings. The summed E-state index contributed by atoms with van der Waals surface area (Å²) in [6, 6.07) is 11.3. The van der Waals surface area contributed by atoms with Crippen molar-refractivity contribution in [3.8, 4) is 11.8 Å². The van der Waals surface area contributed by atoms with E-state index in [-0.39, 0.29) is 0 Å². The molecule has 0 aliphatic carbocycles. The smallest absolute Gasteiger partial charge is 0.123 e. The van der Waals surface area contributed by atoms with Crippen LogP contribution in [-0.4, -0.2) is 14.2 Å². The second-order valence-corrected chi connectivity index (χ2v) is 3.93. The summed E-state index contributed by atoms with van der Waals surface area (Å²) in [5, 5.41) is 9.12. The topological polar surface area (TPSA) is 49.4 Å². The summed E-state index contributed by atoms with van der Waals surface area (Å²) >= 11 is 0. The van der Waals surface area contributed by atoms with Gasteiger partial charge in [-0.3, -0.25) is 0 Å². The second-order valence-electron chi connectivity index (χ2n) is 3.93. The van der Waals surface area contributed by atoms with E-state index in [0.717, 1.165) is 17.2 Å². The van der Waals surface area contributed by atoms with Crippen LogP contribution in [0.4, 0.5) is 5.69 Å². The molecule has 0 amide bonds. The highest BCUT2D eigenvalue weighted by Crippen LogP contribution is 2.26. The molecule has 2 aromatic rings. The highest BCUT2D eigenvalue weighted by Gasteiger charge is 2.10. The number of furan rings is 1. The van der Waals surface area contributed by atoms with Crippen LogP contribution in [0.3, 0.4) is 0 Å². The molecule has 18 heavy (non-hydrogen) atoms. The molecule has 1 heterocycles. The first-order valence-corrected chi connectivity index (χ1v) is 5.56. The van der Waals surface area contributed by atoms with E-state index >= 15 is 0 Å². The van der Waals surface area contributed by atoms with Crippen LogP contribution in [0.2, 0.25) is 0 Å². The third-order valence-electron chi connectivity index (χ3n) is 2.71. The van der Waals surface area contributed by atoms with Gasteiger partial charge in [0.2, 0.25) is 0 Å². The van der Waals surface area contributed by atoms with Gasteiger partial charge in [-0.1, -0.05) is 0 Å². The van der Waals surface area contributed by atoms with Crippen molar-refractivity contribution < 1.29 is 9.15 Å². The summed E-state index contributed by atoms with van der Waals surface area (Å²) in [4.78, 5) is 1.96. The van der Waals surface area contributed by atoms with Crippen molar-refractivity contribution in [2.75, 3.05) is 19.1 Å². The third kappa shape index (κ3) is 2.46. The van der Waals surface area contributed by atoms with E-state index in [2.05, 4.69) is 6.07 Å². The van der Waals surface area contributed by atoms with Crippen LogP contribution in [0, 0.1) is 11.3 Å². The van der Waals surface area contributed by atoms with Gasteiger partial charge in [-0.2, -0.15) is 5.26 Å². The lowest BCUT2D eigenvalue weighted by Gasteiger charge is -2.19. The number of methoxy groups -OCH3 is 1. The number of nitrogens with zero attached hydrogens (tertiary/aromatic N) is 2. The van der Waals surface area contributed by atoms with Crippen LogP contribution in [0.1, 0.15) is 11.3 Å². The summed E-state index contributed by atoms with van der Waals surface area (Å²) in [7, 11) is 3.52. The zero-order valence-electron chi connectivity index (χ0n) is 10.4. The Bertz CT molecular complexity index is 556. The lowest BCUT2D eigenvalue weighted by atomic mass is 10.1. The summed E-state index contributed by atoms with van der Waals surface area (Å²) < 4.78 is 10.5. The van der Waals surface area contributed by atoms with E-state index in [0.29, 0.717) is 12.1 Å². The molecule has 0 aliphatic heterocycles. The molecule has 92 valence electrons. The number of ether oxygens (including phenoxy) is 1. The molecule has 0 spiro atoms. The standard InChI is InChI=1S/C14H14N2O2/c1-16(10-13-4-3-7-18-13)14-8-12(17-2)6-5-11(14)9-15/h3-8H,10H2,1-2H3. The van der Waals surface area contributed by atoms with Crippen LogP contribution in [0.5, 0.6) is 5.75 Å². The number of anilines is 1. The molecule has 0 radical (unpaired) electrons. The number of nitriles is 1. The molecule has 0 saturated heterocycles. The van der Waals surface area contributed by atoms with Gasteiger partial charge in [-0.25, -0.2) is 0 Å². The van der Waals surface area contributed by atoms with Gasteiger partial charge >= 0.3 is 0 Å². The lowest BCUT2D eigenvalue weighted by molar-refractivity contribution is 0.414. The molecule has 1 aromatic carbocycles. The first-order valence-electron chi connectivity index (χ1n) is 5.56. The first kappa shape index (κ1) is 12.1. The van der Waals surface area contributed by atoms with Gasteiger partial charge in [0.05, 0.1) is 31.2 Å². The first-order chi connectivity index (χ1) is 8.74. The molecule has 0 atom stereocenters. The zero-order chi connectivity index (χ0) is 13.0. The molecule has 0 saturated carbocycles. The molecule has 2 rings (SSSR count). The Morgan fingerprint density at radius 3 is 2.83 bits per heavy atom. The Kier molecular flexibility index (Phi) is 3.54. The number of hydrogen-bond acceptors (Lipinski definition) is 4. The number of benzene rings is 1. The third-order valence-corrected chi connectivity index (χ3v) is 2.71. The van der Waals surface area contributed by atoms with E-state index in [9.17, 15) is 0 Å². The second kappa shape index (κ2) is 5.28. The maximum atomic E-state index is 9.12. The molecule has 0 N–H and O–H groups in total. The largest absolute Gasteiger partial charge is 0.497 e. The predicted octanol–water partition coefficient (Wildman–Crippen LogP) is 2.80. The fourth-order valence-electron chi connectivity index (χ4n) is 1.77. The van der Waals surface area contributed by atoms with E-state index < -0.39 is 0 Å². The van der Waals surface area contributed by atoms with Gasteiger partial charge in [0.25, 0.3) is 0 Å². The van der Waals surface area contributed by atoms with Crippen molar-refractivity contribution in [3.63, 3.8) is 0 Å². The molecule has 1 aromatic heterocycles. The normalized spacial score (nSPS) is 9.83. The van der Waals surface area contributed by atoms with Crippen molar-refractivity contribution in [3.05, 3.63) is 47.9 Å². The van der Waals surface area contributed by atoms with E-state index in [1.165, 1.54) is 0 Å². The van der Waals surface area contributed by atoms with Crippen LogP contribution < -0.4 is 9.64 Å². The zero-order valence-corrected chi connectivity index (χ0v) is 10.4. The van der Waals surface area contributed by atoms with Crippen molar-refractivity contribution >= 4 is 5.69 Å². The summed E-state index contributed by atoms with van der Waals surface area (Å²) in [5.41, 5.74) is 1.44. The predicted molar refractivity (Wildman–Crippen MR) is 68.5 cm³/mol. The van der Waals surface area contributed by atoms with Crippen molar-refractivity contribution in [2.24, 2.45) is 0 Å². The molecule has 4 heteroatoms. The van der Waals surface area contributed by atoms with Crippen molar-refractivity contribution in [2.45, 2.75) is 6.54 Å². The van der Waals surface area contributed by atoms with Gasteiger partial charge in [0, 0.05) is 13.1 Å². The number of hydrogen-bond donors (Lipinski definition) is 0. The van der Waals surface area contributed by atoms with Crippen LogP contribution in [0.15, 0.2) is 41.0 Å². The van der Waals surface area contributed by atoms with Gasteiger partial charge in [0.15, 0.2) is 0 Å².